The fraction of sp³-hybridized carbons (Fsp3) is 0.800. The van der Waals surface area contributed by atoms with E-state index >= 15 is 0 Å². The number of nitrogens with one attached hydrogen (secondary N) is 4. The molecule has 4 amide bonds. The smallest absolute Gasteiger partial charge is 0.245 e. The minimum Gasteiger partial charge on any atom is -0.345 e. The van der Waals surface area contributed by atoms with E-state index in [2.05, 4.69) is 22.9 Å². The summed E-state index contributed by atoms with van der Waals surface area (Å²) in [6.45, 7) is 5.83. The molecule has 1 aliphatic carbocycles. The Morgan fingerprint density at radius 2 is 1.75 bits per heavy atom. The van der Waals surface area contributed by atoms with Gasteiger partial charge in [-0.25, -0.2) is 5.48 Å². The summed E-state index contributed by atoms with van der Waals surface area (Å²) in [6, 6.07) is -1.48. The number of carbonyl (C=O) groups excluding carboxylic acids is 5. The maximum Gasteiger partial charge on any atom is 0.245 e. The van der Waals surface area contributed by atoms with E-state index in [4.69, 9.17) is 5.21 Å². The lowest BCUT2D eigenvalue weighted by Gasteiger charge is -2.38. The van der Waals surface area contributed by atoms with Gasteiger partial charge in [0.1, 0.15) is 12.3 Å². The molecule has 11 nitrogen and oxygen atoms in total. The van der Waals surface area contributed by atoms with Gasteiger partial charge in [0, 0.05) is 13.0 Å². The zero-order chi connectivity index (χ0) is 27.1. The molecule has 1 saturated carbocycles. The minimum atomic E-state index is -0.792. The van der Waals surface area contributed by atoms with Gasteiger partial charge in [-0.2, -0.15) is 0 Å². The predicted molar refractivity (Wildman–Crippen MR) is 135 cm³/mol. The van der Waals surface area contributed by atoms with Gasteiger partial charge in [-0.15, -0.1) is 0 Å². The largest absolute Gasteiger partial charge is 0.345 e. The van der Waals surface area contributed by atoms with Crippen LogP contribution in [0.15, 0.2) is 0 Å². The van der Waals surface area contributed by atoms with E-state index in [-0.39, 0.29) is 24.8 Å². The normalized spacial score (nSPS) is 21.1. The van der Waals surface area contributed by atoms with Crippen LogP contribution in [0.2, 0.25) is 0 Å². The Morgan fingerprint density at radius 1 is 1.08 bits per heavy atom. The quantitative estimate of drug-likeness (QED) is 0.0896. The summed E-state index contributed by atoms with van der Waals surface area (Å²) >= 11 is 0. The van der Waals surface area contributed by atoms with Crippen LogP contribution in [-0.2, 0) is 24.0 Å². The van der Waals surface area contributed by atoms with E-state index in [0.717, 1.165) is 12.8 Å². The molecule has 0 radical (unpaired) electrons. The molecular weight excluding hydrogens is 466 g/mol. The van der Waals surface area contributed by atoms with Crippen molar-refractivity contribution < 1.29 is 29.2 Å². The highest BCUT2D eigenvalue weighted by Crippen LogP contribution is 2.32. The monoisotopic (exact) mass is 511 g/mol. The van der Waals surface area contributed by atoms with Crippen molar-refractivity contribution in [2.24, 2.45) is 5.92 Å². The summed E-state index contributed by atoms with van der Waals surface area (Å²) < 4.78 is 0. The zero-order valence-corrected chi connectivity index (χ0v) is 22.2. The summed E-state index contributed by atoms with van der Waals surface area (Å²) in [6.07, 6.45) is 7.03. The summed E-state index contributed by atoms with van der Waals surface area (Å²) in [4.78, 5) is 62.6. The van der Waals surface area contributed by atoms with E-state index in [9.17, 15) is 24.0 Å². The van der Waals surface area contributed by atoms with E-state index in [1.165, 1.54) is 4.90 Å². The van der Waals surface area contributed by atoms with Crippen LogP contribution in [0.1, 0.15) is 85.0 Å². The SMILES string of the molecule is CCCN(CC(=O)NC(C=O)CCCCCC(=O)NO)C(=O)C(C)NC(=O)C1(NC)CCC(C)CC1. The van der Waals surface area contributed by atoms with Crippen molar-refractivity contribution in [3.8, 4) is 0 Å². The number of hydroxylamine groups is 1. The van der Waals surface area contributed by atoms with Gasteiger partial charge in [-0.05, 0) is 64.8 Å². The summed E-state index contributed by atoms with van der Waals surface area (Å²) in [5.74, 6) is -0.882. The first-order valence-corrected chi connectivity index (χ1v) is 13.1. The molecule has 206 valence electrons. The number of hydrogen-bond donors (Lipinski definition) is 5. The fourth-order valence-electron chi connectivity index (χ4n) is 4.54. The number of unbranched alkanes of at least 4 members (excludes halogenated alkanes) is 2. The average Bonchev–Trinajstić information content (AvgIpc) is 2.87. The Bertz CT molecular complexity index is 738. The fourth-order valence-corrected chi connectivity index (χ4v) is 4.54. The topological polar surface area (TPSA) is 157 Å². The second-order valence-corrected chi connectivity index (χ2v) is 9.91. The van der Waals surface area contributed by atoms with Crippen LogP contribution in [0.25, 0.3) is 0 Å². The molecule has 0 aromatic carbocycles. The summed E-state index contributed by atoms with van der Waals surface area (Å²) in [5.41, 5.74) is 0.883. The zero-order valence-electron chi connectivity index (χ0n) is 22.2. The molecule has 0 spiro atoms. The van der Waals surface area contributed by atoms with Crippen molar-refractivity contribution >= 4 is 29.9 Å². The molecule has 11 heteroatoms. The Labute approximate surface area is 214 Å². The molecule has 2 atom stereocenters. The highest BCUT2D eigenvalue weighted by atomic mass is 16.5. The average molecular weight is 512 g/mol. The molecule has 5 N–H and O–H groups in total. The standard InChI is InChI=1S/C25H45N5O6/c1-5-15-30(16-22(33)28-20(17-31)9-7-6-8-10-21(32)29-36)23(34)19(3)27-24(35)25(26-4)13-11-18(2)12-14-25/h17-20,26,36H,5-16H2,1-4H3,(H,27,35)(H,28,33)(H,29,32). The third-order valence-electron chi connectivity index (χ3n) is 6.95. The number of carbonyl (C=O) groups is 5. The molecule has 36 heavy (non-hydrogen) atoms. The van der Waals surface area contributed by atoms with E-state index in [0.29, 0.717) is 63.7 Å². The Kier molecular flexibility index (Phi) is 14.2. The van der Waals surface area contributed by atoms with E-state index in [1.54, 1.807) is 19.5 Å². The van der Waals surface area contributed by atoms with Gasteiger partial charge < -0.3 is 25.6 Å². The molecule has 0 aliphatic heterocycles. The Hall–Kier alpha value is -2.53. The molecule has 0 aromatic heterocycles. The molecule has 0 bridgehead atoms. The van der Waals surface area contributed by atoms with Gasteiger partial charge in [0.25, 0.3) is 0 Å². The number of rotatable bonds is 16. The number of hydrogen-bond acceptors (Lipinski definition) is 7. The molecular formula is C25H45N5O6. The van der Waals surface area contributed by atoms with Crippen molar-refractivity contribution in [1.29, 1.82) is 0 Å². The van der Waals surface area contributed by atoms with E-state index in [1.807, 2.05) is 6.92 Å². The lowest BCUT2D eigenvalue weighted by atomic mass is 9.76. The summed E-state index contributed by atoms with van der Waals surface area (Å²) in [7, 11) is 1.77. The number of nitrogens with zero attached hydrogens (tertiary/aromatic N) is 1. The third-order valence-corrected chi connectivity index (χ3v) is 6.95. The van der Waals surface area contributed by atoms with Crippen LogP contribution in [0.3, 0.4) is 0 Å². The van der Waals surface area contributed by atoms with Gasteiger partial charge in [-0.3, -0.25) is 24.4 Å². The lowest BCUT2D eigenvalue weighted by Crippen LogP contribution is -2.61. The first kappa shape index (κ1) is 31.5. The van der Waals surface area contributed by atoms with Crippen molar-refractivity contribution in [2.75, 3.05) is 20.1 Å². The maximum atomic E-state index is 13.1. The van der Waals surface area contributed by atoms with Crippen LogP contribution in [0, 0.1) is 5.92 Å². The number of amides is 4. The van der Waals surface area contributed by atoms with Gasteiger partial charge in [0.05, 0.1) is 18.1 Å². The van der Waals surface area contributed by atoms with Gasteiger partial charge in [0.15, 0.2) is 0 Å². The van der Waals surface area contributed by atoms with Gasteiger partial charge in [-0.1, -0.05) is 26.7 Å². The van der Waals surface area contributed by atoms with Crippen molar-refractivity contribution in [1.82, 2.24) is 26.3 Å². The van der Waals surface area contributed by atoms with Crippen LogP contribution >= 0.6 is 0 Å². The highest BCUT2D eigenvalue weighted by Gasteiger charge is 2.40. The molecule has 0 heterocycles. The van der Waals surface area contributed by atoms with Gasteiger partial charge in [0.2, 0.25) is 23.6 Å². The molecule has 1 fully saturated rings. The maximum absolute atomic E-state index is 13.1. The number of aldehydes is 1. The Balaban J connectivity index is 2.61. The van der Waals surface area contributed by atoms with Crippen molar-refractivity contribution in [3.05, 3.63) is 0 Å². The molecule has 0 aromatic rings. The minimum absolute atomic E-state index is 0.186. The van der Waals surface area contributed by atoms with Crippen LogP contribution in [-0.4, -0.2) is 77.8 Å². The second-order valence-electron chi connectivity index (χ2n) is 9.91. The molecule has 0 saturated heterocycles. The van der Waals surface area contributed by atoms with Gasteiger partial charge >= 0.3 is 0 Å². The lowest BCUT2D eigenvalue weighted by molar-refractivity contribution is -0.140. The number of likely N-dealkylation sites (N-methyl/N-ethyl adjacent to an activating group) is 1. The third kappa shape index (κ3) is 10.2. The highest BCUT2D eigenvalue weighted by molar-refractivity contribution is 5.93. The van der Waals surface area contributed by atoms with Crippen molar-refractivity contribution in [3.63, 3.8) is 0 Å². The first-order valence-electron chi connectivity index (χ1n) is 13.1. The van der Waals surface area contributed by atoms with Crippen LogP contribution < -0.4 is 21.4 Å². The second kappa shape index (κ2) is 16.3. The molecule has 1 rings (SSSR count). The van der Waals surface area contributed by atoms with Crippen molar-refractivity contribution in [2.45, 2.75) is 103 Å². The summed E-state index contributed by atoms with van der Waals surface area (Å²) in [5, 5.41) is 17.2. The predicted octanol–water partition coefficient (Wildman–Crippen LogP) is 1.04. The molecule has 1 aliphatic rings. The van der Waals surface area contributed by atoms with Crippen LogP contribution in [0.5, 0.6) is 0 Å². The molecule has 2 unspecified atom stereocenters. The first-order chi connectivity index (χ1) is 17.1. The van der Waals surface area contributed by atoms with E-state index < -0.39 is 29.4 Å². The Morgan fingerprint density at radius 3 is 2.31 bits per heavy atom. The van der Waals surface area contributed by atoms with Crippen LogP contribution in [0.4, 0.5) is 0 Å².